The fraction of sp³-hybridized carbons (Fsp3) is 0.917. The third-order valence-electron chi connectivity index (χ3n) is 3.48. The van der Waals surface area contributed by atoms with Crippen molar-refractivity contribution in [3.05, 3.63) is 0 Å². The van der Waals surface area contributed by atoms with Crippen molar-refractivity contribution >= 4 is 5.91 Å². The number of nitrogens with zero attached hydrogens (tertiary/aromatic N) is 2. The van der Waals surface area contributed by atoms with E-state index in [1.165, 1.54) is 0 Å². The SMILES string of the molecule is CCN(CC)C(=O)C(C)N1CCNCC1C. The van der Waals surface area contributed by atoms with Crippen molar-refractivity contribution in [2.45, 2.75) is 39.8 Å². The number of piperazine rings is 1. The lowest BCUT2D eigenvalue weighted by molar-refractivity contribution is -0.137. The predicted octanol–water partition coefficient (Wildman–Crippen LogP) is 0.537. The Balaban J connectivity index is 2.60. The molecule has 0 saturated carbocycles. The molecule has 1 heterocycles. The minimum absolute atomic E-state index is 0.0111. The van der Waals surface area contributed by atoms with Crippen LogP contribution in [-0.2, 0) is 4.79 Å². The van der Waals surface area contributed by atoms with Crippen LogP contribution >= 0.6 is 0 Å². The lowest BCUT2D eigenvalue weighted by Gasteiger charge is -2.39. The molecule has 0 aromatic carbocycles. The van der Waals surface area contributed by atoms with Gasteiger partial charge in [0.1, 0.15) is 0 Å². The summed E-state index contributed by atoms with van der Waals surface area (Å²) in [4.78, 5) is 16.4. The number of amides is 1. The van der Waals surface area contributed by atoms with E-state index in [1.807, 2.05) is 25.7 Å². The van der Waals surface area contributed by atoms with Crippen LogP contribution in [0.1, 0.15) is 27.7 Å². The first kappa shape index (κ1) is 13.5. The second-order valence-corrected chi connectivity index (χ2v) is 4.48. The molecule has 0 bridgehead atoms. The number of carbonyl (C=O) groups excluding carboxylic acids is 1. The molecule has 0 aromatic heterocycles. The molecule has 1 aliphatic heterocycles. The molecule has 4 nitrogen and oxygen atoms in total. The van der Waals surface area contributed by atoms with Crippen molar-refractivity contribution in [2.75, 3.05) is 32.7 Å². The Morgan fingerprint density at radius 1 is 1.50 bits per heavy atom. The molecule has 1 aliphatic rings. The van der Waals surface area contributed by atoms with Crippen molar-refractivity contribution in [1.29, 1.82) is 0 Å². The predicted molar refractivity (Wildman–Crippen MR) is 66.4 cm³/mol. The van der Waals surface area contributed by atoms with Crippen LogP contribution in [0.3, 0.4) is 0 Å². The van der Waals surface area contributed by atoms with Gasteiger partial charge >= 0.3 is 0 Å². The van der Waals surface area contributed by atoms with Crippen LogP contribution in [0.2, 0.25) is 0 Å². The molecular formula is C12H25N3O. The second kappa shape index (κ2) is 6.21. The molecule has 0 spiro atoms. The summed E-state index contributed by atoms with van der Waals surface area (Å²) in [5, 5.41) is 3.35. The van der Waals surface area contributed by atoms with Crippen molar-refractivity contribution in [2.24, 2.45) is 0 Å². The molecule has 2 atom stereocenters. The minimum Gasteiger partial charge on any atom is -0.342 e. The van der Waals surface area contributed by atoms with Crippen LogP contribution in [-0.4, -0.2) is 60.5 Å². The fourth-order valence-electron chi connectivity index (χ4n) is 2.37. The molecule has 2 unspecified atom stereocenters. The van der Waals surface area contributed by atoms with Crippen molar-refractivity contribution in [3.63, 3.8) is 0 Å². The maximum Gasteiger partial charge on any atom is 0.239 e. The highest BCUT2D eigenvalue weighted by Gasteiger charge is 2.29. The average Bonchev–Trinajstić information content (AvgIpc) is 2.30. The van der Waals surface area contributed by atoms with Crippen LogP contribution < -0.4 is 5.32 Å². The standard InChI is InChI=1S/C12H25N3O/c1-5-14(6-2)12(16)11(4)15-8-7-13-9-10(15)3/h10-11,13H,5-9H2,1-4H3. The summed E-state index contributed by atoms with van der Waals surface area (Å²) in [6, 6.07) is 0.459. The number of likely N-dealkylation sites (N-methyl/N-ethyl adjacent to an activating group) is 1. The van der Waals surface area contributed by atoms with Crippen molar-refractivity contribution in [3.8, 4) is 0 Å². The van der Waals surface area contributed by atoms with Gasteiger partial charge in [-0.05, 0) is 27.7 Å². The van der Waals surface area contributed by atoms with Crippen molar-refractivity contribution in [1.82, 2.24) is 15.1 Å². The first-order valence-electron chi connectivity index (χ1n) is 6.37. The van der Waals surface area contributed by atoms with E-state index in [2.05, 4.69) is 17.1 Å². The second-order valence-electron chi connectivity index (χ2n) is 4.48. The smallest absolute Gasteiger partial charge is 0.239 e. The van der Waals surface area contributed by atoms with Gasteiger partial charge < -0.3 is 10.2 Å². The topological polar surface area (TPSA) is 35.6 Å². The third kappa shape index (κ3) is 2.95. The fourth-order valence-corrected chi connectivity index (χ4v) is 2.37. The van der Waals surface area contributed by atoms with Crippen LogP contribution in [0.5, 0.6) is 0 Å². The van der Waals surface area contributed by atoms with E-state index < -0.39 is 0 Å². The Morgan fingerprint density at radius 2 is 2.12 bits per heavy atom. The van der Waals surface area contributed by atoms with E-state index in [0.29, 0.717) is 6.04 Å². The number of hydrogen-bond donors (Lipinski definition) is 1. The maximum atomic E-state index is 12.2. The van der Waals surface area contributed by atoms with Gasteiger partial charge in [-0.25, -0.2) is 0 Å². The molecule has 0 aromatic rings. The number of nitrogens with one attached hydrogen (secondary N) is 1. The normalized spacial score (nSPS) is 24.1. The van der Waals surface area contributed by atoms with Gasteiger partial charge in [0.05, 0.1) is 6.04 Å². The Morgan fingerprint density at radius 3 is 2.62 bits per heavy atom. The van der Waals surface area contributed by atoms with E-state index in [-0.39, 0.29) is 11.9 Å². The number of rotatable bonds is 4. The molecule has 1 fully saturated rings. The Kier molecular flexibility index (Phi) is 5.22. The number of hydrogen-bond acceptors (Lipinski definition) is 3. The van der Waals surface area contributed by atoms with Gasteiger partial charge in [-0.3, -0.25) is 9.69 Å². The van der Waals surface area contributed by atoms with E-state index in [1.54, 1.807) is 0 Å². The highest BCUT2D eigenvalue weighted by Crippen LogP contribution is 2.10. The molecule has 0 aliphatic carbocycles. The van der Waals surface area contributed by atoms with Gasteiger partial charge in [-0.1, -0.05) is 0 Å². The summed E-state index contributed by atoms with van der Waals surface area (Å²) < 4.78 is 0. The van der Waals surface area contributed by atoms with E-state index in [4.69, 9.17) is 0 Å². The van der Waals surface area contributed by atoms with Gasteiger partial charge in [0.15, 0.2) is 0 Å². The zero-order valence-electron chi connectivity index (χ0n) is 11.0. The van der Waals surface area contributed by atoms with Crippen LogP contribution in [0.15, 0.2) is 0 Å². The highest BCUT2D eigenvalue weighted by molar-refractivity contribution is 5.81. The minimum atomic E-state index is 0.0111. The van der Waals surface area contributed by atoms with E-state index in [9.17, 15) is 4.79 Å². The quantitative estimate of drug-likeness (QED) is 0.761. The molecule has 1 saturated heterocycles. The Hall–Kier alpha value is -0.610. The first-order valence-corrected chi connectivity index (χ1v) is 6.37. The van der Waals surface area contributed by atoms with E-state index >= 15 is 0 Å². The zero-order valence-corrected chi connectivity index (χ0v) is 11.0. The summed E-state index contributed by atoms with van der Waals surface area (Å²) in [6.07, 6.45) is 0. The van der Waals surface area contributed by atoms with Crippen LogP contribution in [0.25, 0.3) is 0 Å². The van der Waals surface area contributed by atoms with E-state index in [0.717, 1.165) is 32.7 Å². The largest absolute Gasteiger partial charge is 0.342 e. The maximum absolute atomic E-state index is 12.2. The van der Waals surface area contributed by atoms with Gasteiger partial charge in [-0.15, -0.1) is 0 Å². The summed E-state index contributed by atoms with van der Waals surface area (Å²) in [5.41, 5.74) is 0. The monoisotopic (exact) mass is 227 g/mol. The lowest BCUT2D eigenvalue weighted by atomic mass is 10.1. The highest BCUT2D eigenvalue weighted by atomic mass is 16.2. The first-order chi connectivity index (χ1) is 7.61. The summed E-state index contributed by atoms with van der Waals surface area (Å²) in [6.45, 7) is 12.8. The molecule has 1 N–H and O–H groups in total. The third-order valence-corrected chi connectivity index (χ3v) is 3.48. The van der Waals surface area contributed by atoms with Gasteiger partial charge in [0.2, 0.25) is 5.91 Å². The van der Waals surface area contributed by atoms with Gasteiger partial charge in [0, 0.05) is 38.8 Å². The molecule has 1 rings (SSSR count). The Bertz CT molecular complexity index is 228. The van der Waals surface area contributed by atoms with Crippen LogP contribution in [0.4, 0.5) is 0 Å². The molecule has 4 heteroatoms. The zero-order chi connectivity index (χ0) is 12.1. The average molecular weight is 227 g/mol. The number of carbonyl (C=O) groups is 1. The molecule has 1 amide bonds. The van der Waals surface area contributed by atoms with Crippen LogP contribution in [0, 0.1) is 0 Å². The van der Waals surface area contributed by atoms with Gasteiger partial charge in [-0.2, -0.15) is 0 Å². The Labute approximate surface area is 99.0 Å². The van der Waals surface area contributed by atoms with Crippen molar-refractivity contribution < 1.29 is 4.79 Å². The molecular weight excluding hydrogens is 202 g/mol. The molecule has 16 heavy (non-hydrogen) atoms. The summed E-state index contributed by atoms with van der Waals surface area (Å²) >= 11 is 0. The summed E-state index contributed by atoms with van der Waals surface area (Å²) in [7, 11) is 0. The lowest BCUT2D eigenvalue weighted by Crippen LogP contribution is -2.57. The van der Waals surface area contributed by atoms with Gasteiger partial charge in [0.25, 0.3) is 0 Å². The summed E-state index contributed by atoms with van der Waals surface area (Å²) in [5.74, 6) is 0.263. The molecule has 0 radical (unpaired) electrons. The molecule has 94 valence electrons.